The number of aliphatic hydroxyl groups excluding tert-OH is 1. The average Bonchev–Trinajstić information content (AvgIpc) is 2.29. The van der Waals surface area contributed by atoms with E-state index in [0.29, 0.717) is 6.42 Å². The molecule has 0 bridgehead atoms. The first kappa shape index (κ1) is 8.53. The molecule has 0 amide bonds. The summed E-state index contributed by atoms with van der Waals surface area (Å²) in [7, 11) is 0. The van der Waals surface area contributed by atoms with Gasteiger partial charge >= 0.3 is 0 Å². The van der Waals surface area contributed by atoms with Crippen LogP contribution in [0.5, 0.6) is 0 Å². The van der Waals surface area contributed by atoms with Crippen molar-refractivity contribution < 1.29 is 10.3 Å². The van der Waals surface area contributed by atoms with Crippen LogP contribution in [0.15, 0.2) is 24.3 Å². The fourth-order valence-electron chi connectivity index (χ4n) is 1.70. The van der Waals surface area contributed by atoms with Crippen LogP contribution in [0.4, 0.5) is 5.69 Å². The molecule has 3 nitrogen and oxygen atoms in total. The van der Waals surface area contributed by atoms with Crippen molar-refractivity contribution in [3.05, 3.63) is 29.8 Å². The molecule has 0 aromatic heterocycles. The largest absolute Gasteiger partial charge is 0.371 e. The van der Waals surface area contributed by atoms with Crippen molar-refractivity contribution in [3.63, 3.8) is 0 Å². The first-order valence-electron chi connectivity index (χ1n) is 4.53. The minimum Gasteiger partial charge on any atom is -0.371 e. The molecule has 2 N–H and O–H groups in total. The molecular formula is C10H13NO2. The average molecular weight is 179 g/mol. The summed E-state index contributed by atoms with van der Waals surface area (Å²) in [5, 5.41) is 20.0. The van der Waals surface area contributed by atoms with Gasteiger partial charge in [0.2, 0.25) is 0 Å². The summed E-state index contributed by atoms with van der Waals surface area (Å²) in [6.45, 7) is 0. The second-order valence-corrected chi connectivity index (χ2v) is 3.35. The van der Waals surface area contributed by atoms with Gasteiger partial charge in [-0.25, -0.2) is 5.06 Å². The van der Waals surface area contributed by atoms with E-state index in [4.69, 9.17) is 0 Å². The van der Waals surface area contributed by atoms with E-state index in [1.807, 2.05) is 24.3 Å². The second kappa shape index (κ2) is 3.36. The molecule has 1 aromatic carbocycles. The lowest BCUT2D eigenvalue weighted by Gasteiger charge is -2.21. The van der Waals surface area contributed by atoms with Gasteiger partial charge in [0.25, 0.3) is 0 Å². The van der Waals surface area contributed by atoms with Gasteiger partial charge in [0.15, 0.2) is 6.23 Å². The number of para-hydroxylation sites is 1. The molecule has 3 heteroatoms. The fourth-order valence-corrected chi connectivity index (χ4v) is 1.70. The Balaban J connectivity index is 2.40. The summed E-state index contributed by atoms with van der Waals surface area (Å²) < 4.78 is 0. The van der Waals surface area contributed by atoms with Crippen molar-refractivity contribution in [2.45, 2.75) is 25.5 Å². The third kappa shape index (κ3) is 1.53. The third-order valence-electron chi connectivity index (χ3n) is 2.43. The fraction of sp³-hybridized carbons (Fsp3) is 0.400. The van der Waals surface area contributed by atoms with Gasteiger partial charge in [0, 0.05) is 0 Å². The molecule has 0 spiro atoms. The highest BCUT2D eigenvalue weighted by molar-refractivity contribution is 5.52. The summed E-state index contributed by atoms with van der Waals surface area (Å²) in [6, 6.07) is 7.62. The zero-order valence-electron chi connectivity index (χ0n) is 7.35. The number of aryl methyl sites for hydroxylation is 1. The predicted molar refractivity (Wildman–Crippen MR) is 49.7 cm³/mol. The molecule has 0 radical (unpaired) electrons. The number of rotatable bonds is 0. The van der Waals surface area contributed by atoms with E-state index in [1.165, 1.54) is 0 Å². The second-order valence-electron chi connectivity index (χ2n) is 3.35. The van der Waals surface area contributed by atoms with Crippen LogP contribution in [-0.4, -0.2) is 16.5 Å². The summed E-state index contributed by atoms with van der Waals surface area (Å²) >= 11 is 0. The van der Waals surface area contributed by atoms with Crippen molar-refractivity contribution in [1.82, 2.24) is 0 Å². The number of aliphatic hydroxyl groups is 1. The predicted octanol–water partition coefficient (Wildman–Crippen LogP) is 1.54. The molecule has 1 aliphatic rings. The monoisotopic (exact) mass is 179 g/mol. The van der Waals surface area contributed by atoms with Gasteiger partial charge in [-0.1, -0.05) is 18.2 Å². The summed E-state index contributed by atoms with van der Waals surface area (Å²) in [5.41, 5.74) is 1.83. The normalized spacial score (nSPS) is 22.3. The molecule has 2 rings (SSSR count). The zero-order chi connectivity index (χ0) is 9.26. The Morgan fingerprint density at radius 1 is 1.31 bits per heavy atom. The third-order valence-corrected chi connectivity index (χ3v) is 2.43. The smallest absolute Gasteiger partial charge is 0.150 e. The molecule has 1 aliphatic heterocycles. The first-order valence-corrected chi connectivity index (χ1v) is 4.53. The first-order chi connectivity index (χ1) is 6.29. The standard InChI is InChI=1S/C10H13NO2/c12-10-7-3-5-8-4-1-2-6-9(8)11(10)13/h1-2,4,6,10,12-13H,3,5,7H2. The molecule has 1 atom stereocenters. The Hall–Kier alpha value is -1.06. The highest BCUT2D eigenvalue weighted by Gasteiger charge is 2.19. The molecule has 0 aliphatic carbocycles. The van der Waals surface area contributed by atoms with E-state index < -0.39 is 6.23 Å². The van der Waals surface area contributed by atoms with Crippen LogP contribution in [0.1, 0.15) is 18.4 Å². The van der Waals surface area contributed by atoms with E-state index in [2.05, 4.69) is 0 Å². The Labute approximate surface area is 77.2 Å². The highest BCUT2D eigenvalue weighted by Crippen LogP contribution is 2.26. The Kier molecular flexibility index (Phi) is 2.20. The van der Waals surface area contributed by atoms with E-state index in [9.17, 15) is 10.3 Å². The van der Waals surface area contributed by atoms with Crippen molar-refractivity contribution in [2.24, 2.45) is 0 Å². The number of nitrogens with zero attached hydrogens (tertiary/aromatic N) is 1. The lowest BCUT2D eigenvalue weighted by atomic mass is 10.1. The van der Waals surface area contributed by atoms with E-state index in [1.54, 1.807) is 0 Å². The number of hydroxylamine groups is 1. The lowest BCUT2D eigenvalue weighted by molar-refractivity contribution is 0.0613. The number of anilines is 1. The van der Waals surface area contributed by atoms with Crippen LogP contribution in [0.2, 0.25) is 0 Å². The van der Waals surface area contributed by atoms with Gasteiger partial charge in [-0.3, -0.25) is 5.21 Å². The summed E-state index contributed by atoms with van der Waals surface area (Å²) in [5.74, 6) is 0. The van der Waals surface area contributed by atoms with Crippen molar-refractivity contribution in [1.29, 1.82) is 0 Å². The van der Waals surface area contributed by atoms with Gasteiger partial charge in [-0.05, 0) is 30.9 Å². The van der Waals surface area contributed by atoms with Crippen LogP contribution in [0.3, 0.4) is 0 Å². The number of hydrogen-bond acceptors (Lipinski definition) is 3. The van der Waals surface area contributed by atoms with E-state index in [-0.39, 0.29) is 0 Å². The Morgan fingerprint density at radius 3 is 2.92 bits per heavy atom. The van der Waals surface area contributed by atoms with Crippen LogP contribution in [-0.2, 0) is 6.42 Å². The van der Waals surface area contributed by atoms with Gasteiger partial charge < -0.3 is 5.11 Å². The van der Waals surface area contributed by atoms with E-state index in [0.717, 1.165) is 29.2 Å². The molecule has 1 aromatic rings. The topological polar surface area (TPSA) is 43.7 Å². The molecule has 70 valence electrons. The summed E-state index contributed by atoms with van der Waals surface area (Å²) in [4.78, 5) is 0. The van der Waals surface area contributed by atoms with Gasteiger partial charge in [-0.2, -0.15) is 0 Å². The SMILES string of the molecule is OC1CCCc2ccccc2N1O. The maximum absolute atomic E-state index is 9.59. The van der Waals surface area contributed by atoms with Gasteiger partial charge in [-0.15, -0.1) is 0 Å². The molecule has 13 heavy (non-hydrogen) atoms. The van der Waals surface area contributed by atoms with Crippen LogP contribution in [0, 0.1) is 0 Å². The quantitative estimate of drug-likeness (QED) is 0.635. The summed E-state index contributed by atoms with van der Waals surface area (Å²) in [6.07, 6.45) is 1.69. The molecule has 0 saturated carbocycles. The van der Waals surface area contributed by atoms with Crippen LogP contribution < -0.4 is 5.06 Å². The Bertz CT molecular complexity index is 301. The van der Waals surface area contributed by atoms with Gasteiger partial charge in [0.1, 0.15) is 0 Å². The van der Waals surface area contributed by atoms with Crippen LogP contribution in [0.25, 0.3) is 0 Å². The van der Waals surface area contributed by atoms with Crippen molar-refractivity contribution in [2.75, 3.05) is 5.06 Å². The minimum atomic E-state index is -0.761. The lowest BCUT2D eigenvalue weighted by Crippen LogP contribution is -2.31. The highest BCUT2D eigenvalue weighted by atomic mass is 16.5. The molecular weight excluding hydrogens is 166 g/mol. The molecule has 0 saturated heterocycles. The van der Waals surface area contributed by atoms with Gasteiger partial charge in [0.05, 0.1) is 5.69 Å². The zero-order valence-corrected chi connectivity index (χ0v) is 7.35. The van der Waals surface area contributed by atoms with Crippen molar-refractivity contribution in [3.8, 4) is 0 Å². The molecule has 1 heterocycles. The Morgan fingerprint density at radius 2 is 2.08 bits per heavy atom. The molecule has 0 fully saturated rings. The number of fused-ring (bicyclic) bond motifs is 1. The maximum atomic E-state index is 9.59. The van der Waals surface area contributed by atoms with E-state index >= 15 is 0 Å². The minimum absolute atomic E-state index is 0.616. The molecule has 1 unspecified atom stereocenters. The number of hydrogen-bond donors (Lipinski definition) is 2. The maximum Gasteiger partial charge on any atom is 0.150 e. The van der Waals surface area contributed by atoms with Crippen LogP contribution >= 0.6 is 0 Å². The number of benzene rings is 1. The van der Waals surface area contributed by atoms with Crippen molar-refractivity contribution >= 4 is 5.69 Å².